The van der Waals surface area contributed by atoms with Crippen LogP contribution in [0.4, 0.5) is 4.79 Å². The maximum absolute atomic E-state index is 11.8. The number of nitrogens with zero attached hydrogens (tertiary/aromatic N) is 2. The van der Waals surface area contributed by atoms with Crippen molar-refractivity contribution in [1.82, 2.24) is 10.2 Å². The summed E-state index contributed by atoms with van der Waals surface area (Å²) < 4.78 is 10.5. The number of carbonyl (C=O) groups is 1. The first-order valence-electron chi connectivity index (χ1n) is 7.67. The van der Waals surface area contributed by atoms with E-state index >= 15 is 0 Å². The van der Waals surface area contributed by atoms with Crippen molar-refractivity contribution in [1.29, 1.82) is 5.26 Å². The van der Waals surface area contributed by atoms with Gasteiger partial charge in [0.25, 0.3) is 0 Å². The van der Waals surface area contributed by atoms with Gasteiger partial charge in [0.2, 0.25) is 0 Å². The number of nitrogens with one attached hydrogen (secondary N) is 1. The molecular formula is C17H23N3O3. The molecule has 2 rings (SSSR count). The van der Waals surface area contributed by atoms with Crippen LogP contribution in [0.5, 0.6) is 5.75 Å². The number of hydrogen-bond donors (Lipinski definition) is 1. The van der Waals surface area contributed by atoms with Crippen molar-refractivity contribution in [2.45, 2.75) is 39.0 Å². The van der Waals surface area contributed by atoms with Gasteiger partial charge in [0.05, 0.1) is 0 Å². The fourth-order valence-corrected chi connectivity index (χ4v) is 2.16. The van der Waals surface area contributed by atoms with E-state index in [0.717, 1.165) is 12.1 Å². The van der Waals surface area contributed by atoms with Gasteiger partial charge < -0.3 is 19.7 Å². The highest BCUT2D eigenvalue weighted by Gasteiger charge is 2.33. The molecule has 1 aromatic rings. The van der Waals surface area contributed by atoms with Crippen LogP contribution in [0.15, 0.2) is 24.3 Å². The minimum Gasteiger partial charge on any atom is -0.479 e. The molecule has 1 aromatic carbocycles. The van der Waals surface area contributed by atoms with Gasteiger partial charge in [-0.05, 0) is 38.5 Å². The van der Waals surface area contributed by atoms with Crippen molar-refractivity contribution in [2.75, 3.05) is 19.7 Å². The van der Waals surface area contributed by atoms with Crippen LogP contribution in [0.2, 0.25) is 0 Å². The molecule has 1 amide bonds. The summed E-state index contributed by atoms with van der Waals surface area (Å²) in [6.45, 7) is 7.71. The summed E-state index contributed by atoms with van der Waals surface area (Å²) in [5.41, 5.74) is 0.676. The Morgan fingerprint density at radius 1 is 1.35 bits per heavy atom. The van der Waals surface area contributed by atoms with Crippen LogP contribution in [0.25, 0.3) is 0 Å². The second kappa shape index (κ2) is 7.34. The molecule has 0 aromatic heterocycles. The summed E-state index contributed by atoms with van der Waals surface area (Å²) >= 11 is 0. The first-order chi connectivity index (χ1) is 10.9. The summed E-state index contributed by atoms with van der Waals surface area (Å²) in [5, 5.41) is 11.9. The van der Waals surface area contributed by atoms with E-state index in [0.29, 0.717) is 18.8 Å². The minimum absolute atomic E-state index is 0.0557. The second-order valence-corrected chi connectivity index (χ2v) is 6.55. The second-order valence-electron chi connectivity index (χ2n) is 6.55. The molecule has 0 bridgehead atoms. The van der Waals surface area contributed by atoms with Crippen LogP contribution in [0.3, 0.4) is 0 Å². The summed E-state index contributed by atoms with van der Waals surface area (Å²) in [7, 11) is 0. The Morgan fingerprint density at radius 3 is 2.57 bits per heavy atom. The van der Waals surface area contributed by atoms with Gasteiger partial charge in [-0.3, -0.25) is 0 Å². The van der Waals surface area contributed by atoms with Crippen molar-refractivity contribution >= 4 is 6.09 Å². The zero-order chi connectivity index (χ0) is 16.9. The standard InChI is InChI=1S/C17H23N3O3/c1-17(2,3)23-16(21)20-11-14(12-20)19-10-13-4-6-15(7-5-13)22-9-8-18/h4-7,14,19H,9-12H2,1-3H3. The molecule has 1 heterocycles. The third-order valence-corrected chi connectivity index (χ3v) is 3.35. The van der Waals surface area contributed by atoms with Crippen LogP contribution < -0.4 is 10.1 Å². The molecule has 0 spiro atoms. The summed E-state index contributed by atoms with van der Waals surface area (Å²) in [5.74, 6) is 0.690. The van der Waals surface area contributed by atoms with E-state index in [1.54, 1.807) is 4.90 Å². The molecular weight excluding hydrogens is 294 g/mol. The smallest absolute Gasteiger partial charge is 0.410 e. The lowest BCUT2D eigenvalue weighted by Gasteiger charge is -2.40. The summed E-state index contributed by atoms with van der Waals surface area (Å²) in [4.78, 5) is 13.5. The van der Waals surface area contributed by atoms with Gasteiger partial charge >= 0.3 is 6.09 Å². The zero-order valence-electron chi connectivity index (χ0n) is 13.8. The Bertz CT molecular complexity index is 566. The van der Waals surface area contributed by atoms with Crippen molar-refractivity contribution in [2.24, 2.45) is 0 Å². The van der Waals surface area contributed by atoms with E-state index in [9.17, 15) is 4.79 Å². The average Bonchev–Trinajstić information content (AvgIpc) is 2.42. The van der Waals surface area contributed by atoms with Gasteiger partial charge in [-0.1, -0.05) is 12.1 Å². The molecule has 0 unspecified atom stereocenters. The number of ether oxygens (including phenoxy) is 2. The molecule has 0 saturated carbocycles. The van der Waals surface area contributed by atoms with Gasteiger partial charge in [0.15, 0.2) is 6.61 Å². The van der Waals surface area contributed by atoms with Crippen LogP contribution in [-0.4, -0.2) is 42.3 Å². The van der Waals surface area contributed by atoms with E-state index < -0.39 is 5.60 Å². The minimum atomic E-state index is -0.453. The van der Waals surface area contributed by atoms with Gasteiger partial charge in [-0.25, -0.2) is 4.79 Å². The molecule has 6 nitrogen and oxygen atoms in total. The van der Waals surface area contributed by atoms with E-state index in [1.807, 2.05) is 51.1 Å². The molecule has 1 fully saturated rings. The summed E-state index contributed by atoms with van der Waals surface area (Å²) in [6, 6.07) is 9.85. The Hall–Kier alpha value is -2.26. The topological polar surface area (TPSA) is 74.6 Å². The monoisotopic (exact) mass is 317 g/mol. The highest BCUT2D eigenvalue weighted by atomic mass is 16.6. The number of rotatable bonds is 5. The van der Waals surface area contributed by atoms with Crippen molar-refractivity contribution in [3.63, 3.8) is 0 Å². The number of carbonyl (C=O) groups excluding carboxylic acids is 1. The molecule has 1 saturated heterocycles. The van der Waals surface area contributed by atoms with Crippen molar-refractivity contribution in [3.05, 3.63) is 29.8 Å². The zero-order valence-corrected chi connectivity index (χ0v) is 13.8. The molecule has 1 N–H and O–H groups in total. The Kier molecular flexibility index (Phi) is 5.45. The van der Waals surface area contributed by atoms with Gasteiger partial charge in [0, 0.05) is 25.7 Å². The molecule has 0 aliphatic carbocycles. The quantitative estimate of drug-likeness (QED) is 0.902. The molecule has 1 aliphatic rings. The third-order valence-electron chi connectivity index (χ3n) is 3.35. The van der Waals surface area contributed by atoms with Crippen LogP contribution in [-0.2, 0) is 11.3 Å². The third kappa shape index (κ3) is 5.46. The number of hydrogen-bond acceptors (Lipinski definition) is 5. The normalized spacial score (nSPS) is 14.8. The highest BCUT2D eigenvalue weighted by molar-refractivity contribution is 5.69. The predicted molar refractivity (Wildman–Crippen MR) is 86.0 cm³/mol. The Balaban J connectivity index is 1.68. The molecule has 0 radical (unpaired) electrons. The molecule has 6 heteroatoms. The maximum Gasteiger partial charge on any atom is 0.410 e. The van der Waals surface area contributed by atoms with Crippen molar-refractivity contribution in [3.8, 4) is 11.8 Å². The number of amides is 1. The van der Waals surface area contributed by atoms with Crippen molar-refractivity contribution < 1.29 is 14.3 Å². The van der Waals surface area contributed by atoms with E-state index in [-0.39, 0.29) is 18.7 Å². The summed E-state index contributed by atoms with van der Waals surface area (Å²) in [6.07, 6.45) is -0.255. The van der Waals surface area contributed by atoms with Crippen LogP contribution >= 0.6 is 0 Å². The van der Waals surface area contributed by atoms with Gasteiger partial charge in [-0.2, -0.15) is 5.26 Å². The fraction of sp³-hybridized carbons (Fsp3) is 0.529. The lowest BCUT2D eigenvalue weighted by molar-refractivity contribution is 0.00518. The molecule has 0 atom stereocenters. The Morgan fingerprint density at radius 2 is 2.00 bits per heavy atom. The SMILES string of the molecule is CC(C)(C)OC(=O)N1CC(NCc2ccc(OCC#N)cc2)C1. The van der Waals surface area contributed by atoms with Crippen LogP contribution in [0, 0.1) is 11.3 Å². The number of benzene rings is 1. The first kappa shape index (κ1) is 17.1. The maximum atomic E-state index is 11.8. The van der Waals surface area contributed by atoms with Crippen LogP contribution in [0.1, 0.15) is 26.3 Å². The highest BCUT2D eigenvalue weighted by Crippen LogP contribution is 2.16. The lowest BCUT2D eigenvalue weighted by atomic mass is 10.1. The van der Waals surface area contributed by atoms with E-state index in [2.05, 4.69) is 5.32 Å². The molecule has 124 valence electrons. The Labute approximate surface area is 137 Å². The predicted octanol–water partition coefficient (Wildman–Crippen LogP) is 2.30. The van der Waals surface area contributed by atoms with E-state index in [1.165, 1.54) is 0 Å². The number of likely N-dealkylation sites (tertiary alicyclic amines) is 1. The number of nitriles is 1. The average molecular weight is 317 g/mol. The fourth-order valence-electron chi connectivity index (χ4n) is 2.16. The molecule has 23 heavy (non-hydrogen) atoms. The first-order valence-corrected chi connectivity index (χ1v) is 7.67. The molecule has 1 aliphatic heterocycles. The largest absolute Gasteiger partial charge is 0.479 e. The van der Waals surface area contributed by atoms with E-state index in [4.69, 9.17) is 14.7 Å². The lowest BCUT2D eigenvalue weighted by Crippen LogP contribution is -2.60. The van der Waals surface area contributed by atoms with Gasteiger partial charge in [-0.15, -0.1) is 0 Å². The van der Waals surface area contributed by atoms with Gasteiger partial charge in [0.1, 0.15) is 17.4 Å².